The summed E-state index contributed by atoms with van der Waals surface area (Å²) in [4.78, 5) is 13.4. The van der Waals surface area contributed by atoms with Crippen molar-refractivity contribution in [1.82, 2.24) is 5.32 Å². The number of hydrogen-bond donors (Lipinski definition) is 12. The van der Waals surface area contributed by atoms with E-state index in [4.69, 9.17) is 28.4 Å². The van der Waals surface area contributed by atoms with Crippen LogP contribution in [0.5, 0.6) is 0 Å². The van der Waals surface area contributed by atoms with Crippen molar-refractivity contribution in [3.8, 4) is 0 Å². The molecule has 0 bridgehead atoms. The van der Waals surface area contributed by atoms with E-state index >= 15 is 0 Å². The van der Waals surface area contributed by atoms with Gasteiger partial charge in [0.2, 0.25) is 5.91 Å². The molecule has 3 saturated heterocycles. The summed E-state index contributed by atoms with van der Waals surface area (Å²) < 4.78 is 34.4. The largest absolute Gasteiger partial charge is 0.394 e. The van der Waals surface area contributed by atoms with Crippen LogP contribution in [0.4, 0.5) is 0 Å². The highest BCUT2D eigenvalue weighted by Gasteiger charge is 2.53. The first-order valence-corrected chi connectivity index (χ1v) is 36.7. The van der Waals surface area contributed by atoms with Gasteiger partial charge in [0.25, 0.3) is 0 Å². The van der Waals surface area contributed by atoms with Gasteiger partial charge in [-0.05, 0) is 64.2 Å². The zero-order valence-corrected chi connectivity index (χ0v) is 57.2. The van der Waals surface area contributed by atoms with E-state index in [2.05, 4.69) is 79.9 Å². The van der Waals surface area contributed by atoms with Crippen LogP contribution in [-0.4, -0.2) is 193 Å². The van der Waals surface area contributed by atoms with E-state index in [0.29, 0.717) is 6.42 Å². The average molecular weight is 1320 g/mol. The van der Waals surface area contributed by atoms with E-state index in [1.807, 2.05) is 6.08 Å². The molecule has 3 aliphatic rings. The van der Waals surface area contributed by atoms with Crippen LogP contribution < -0.4 is 5.32 Å². The Morgan fingerprint density at radius 1 is 0.398 bits per heavy atom. The molecular formula is C74H131NO18. The second kappa shape index (κ2) is 55.1. The third kappa shape index (κ3) is 36.6. The first kappa shape index (κ1) is 84.5. The average Bonchev–Trinajstić information content (AvgIpc) is 0.985. The van der Waals surface area contributed by atoms with E-state index in [0.717, 1.165) is 77.0 Å². The highest BCUT2D eigenvalue weighted by Crippen LogP contribution is 2.33. The predicted molar refractivity (Wildman–Crippen MR) is 365 cm³/mol. The maximum absolute atomic E-state index is 13.4. The van der Waals surface area contributed by atoms with Gasteiger partial charge >= 0.3 is 0 Å². The minimum Gasteiger partial charge on any atom is -0.394 e. The maximum Gasteiger partial charge on any atom is 0.220 e. The van der Waals surface area contributed by atoms with Crippen molar-refractivity contribution in [2.45, 2.75) is 362 Å². The Balaban J connectivity index is 1.42. The van der Waals surface area contributed by atoms with Gasteiger partial charge in [-0.3, -0.25) is 4.79 Å². The molecule has 93 heavy (non-hydrogen) atoms. The number of rotatable bonds is 56. The number of ether oxygens (including phenoxy) is 6. The Labute approximate surface area is 559 Å². The number of allylic oxidation sites excluding steroid dienone is 11. The van der Waals surface area contributed by atoms with Crippen LogP contribution in [0, 0.1) is 0 Å². The van der Waals surface area contributed by atoms with Gasteiger partial charge in [0.05, 0.1) is 38.6 Å². The minimum atomic E-state index is -1.99. The van der Waals surface area contributed by atoms with Crippen LogP contribution >= 0.6 is 0 Å². The van der Waals surface area contributed by atoms with Crippen LogP contribution in [0.1, 0.15) is 258 Å². The number of carbonyl (C=O) groups is 1. The fourth-order valence-electron chi connectivity index (χ4n) is 12.1. The lowest BCUT2D eigenvalue weighted by Gasteiger charge is -2.48. The highest BCUT2D eigenvalue weighted by atomic mass is 16.8. The molecule has 0 radical (unpaired) electrons. The molecular weight excluding hydrogens is 1190 g/mol. The zero-order valence-electron chi connectivity index (χ0n) is 57.2. The number of aliphatic hydroxyl groups excluding tert-OH is 11. The maximum atomic E-state index is 13.4. The second-order valence-corrected chi connectivity index (χ2v) is 26.0. The molecule has 19 nitrogen and oxygen atoms in total. The topological polar surface area (TPSA) is 307 Å². The Hall–Kier alpha value is -2.77. The Morgan fingerprint density at radius 3 is 1.16 bits per heavy atom. The number of aliphatic hydroxyl groups is 11. The fraction of sp³-hybridized carbons (Fsp3) is 0.824. The molecule has 3 fully saturated rings. The van der Waals surface area contributed by atoms with E-state index < -0.39 is 124 Å². The molecule has 540 valence electrons. The smallest absolute Gasteiger partial charge is 0.220 e. The van der Waals surface area contributed by atoms with Crippen molar-refractivity contribution in [2.75, 3.05) is 26.4 Å². The molecule has 3 rings (SSSR count). The molecule has 0 aromatic carbocycles. The normalized spacial score (nSPS) is 27.9. The monoisotopic (exact) mass is 1320 g/mol. The molecule has 0 aromatic rings. The van der Waals surface area contributed by atoms with Gasteiger partial charge in [-0.25, -0.2) is 0 Å². The Kier molecular flexibility index (Phi) is 50.1. The molecule has 3 aliphatic heterocycles. The van der Waals surface area contributed by atoms with Gasteiger partial charge in [-0.1, -0.05) is 260 Å². The van der Waals surface area contributed by atoms with Crippen LogP contribution in [0.2, 0.25) is 0 Å². The second-order valence-electron chi connectivity index (χ2n) is 26.0. The standard InChI is InChI=1S/C74H131NO18/c1-3-5-7-9-11-13-15-17-19-21-23-24-25-26-27-28-29-30-31-32-34-35-37-39-41-43-45-47-49-51-58(79)57(75-62(80)52-50-48-46-44-42-40-38-36-33-22-20-18-16-14-12-10-8-6-4-2)56-88-72-68(86)65(83)70(60(54-77)90-72)93-74-69(87)66(84)71(61(55-78)91-74)92-73-67(85)64(82)63(81)59(53-76)89-73/h6,8,12,14,18,20,33,36,40,42,49,51,57-61,63-74,76-79,81-87H,3-5,7,9-11,13,15-17,19,21-32,34-35,37-39,41,43-48,50,52-56H2,1-2H3,(H,75,80)/b8-6-,14-12-,20-18-,36-33-,42-40-,51-49+. The van der Waals surface area contributed by atoms with E-state index in [-0.39, 0.29) is 18.9 Å². The molecule has 12 N–H and O–H groups in total. The first-order valence-electron chi connectivity index (χ1n) is 36.7. The molecule has 3 heterocycles. The molecule has 0 aliphatic carbocycles. The van der Waals surface area contributed by atoms with Crippen molar-refractivity contribution in [3.63, 3.8) is 0 Å². The van der Waals surface area contributed by atoms with E-state index in [1.165, 1.54) is 154 Å². The minimum absolute atomic E-state index is 0.201. The third-order valence-electron chi connectivity index (χ3n) is 18.0. The summed E-state index contributed by atoms with van der Waals surface area (Å²) >= 11 is 0. The van der Waals surface area contributed by atoms with Crippen molar-refractivity contribution in [1.29, 1.82) is 0 Å². The van der Waals surface area contributed by atoms with Crippen molar-refractivity contribution in [2.24, 2.45) is 0 Å². The summed E-state index contributed by atoms with van der Waals surface area (Å²) in [5.41, 5.74) is 0. The number of hydrogen-bond acceptors (Lipinski definition) is 18. The molecule has 0 aromatic heterocycles. The quantitative estimate of drug-likeness (QED) is 0.0199. The van der Waals surface area contributed by atoms with Crippen LogP contribution in [0.15, 0.2) is 72.9 Å². The molecule has 0 spiro atoms. The molecule has 1 amide bonds. The van der Waals surface area contributed by atoms with Crippen LogP contribution in [0.3, 0.4) is 0 Å². The van der Waals surface area contributed by atoms with Crippen molar-refractivity contribution >= 4 is 5.91 Å². The Morgan fingerprint density at radius 2 is 0.742 bits per heavy atom. The molecule has 17 unspecified atom stereocenters. The molecule has 17 atom stereocenters. The highest BCUT2D eigenvalue weighted by molar-refractivity contribution is 5.76. The van der Waals surface area contributed by atoms with Gasteiger partial charge < -0.3 is 89.9 Å². The van der Waals surface area contributed by atoms with E-state index in [9.17, 15) is 61.0 Å². The lowest BCUT2D eigenvalue weighted by atomic mass is 9.96. The lowest BCUT2D eigenvalue weighted by Crippen LogP contribution is -2.66. The number of amides is 1. The summed E-state index contributed by atoms with van der Waals surface area (Å²) in [6.07, 6.45) is 43.2. The van der Waals surface area contributed by atoms with Crippen LogP contribution in [-0.2, 0) is 33.2 Å². The first-order chi connectivity index (χ1) is 45.3. The third-order valence-corrected chi connectivity index (χ3v) is 18.0. The zero-order chi connectivity index (χ0) is 67.5. The number of carbonyl (C=O) groups excluding carboxylic acids is 1. The van der Waals surface area contributed by atoms with E-state index in [1.54, 1.807) is 6.08 Å². The van der Waals surface area contributed by atoms with Gasteiger partial charge in [-0.2, -0.15) is 0 Å². The lowest BCUT2D eigenvalue weighted by molar-refractivity contribution is -0.379. The summed E-state index contributed by atoms with van der Waals surface area (Å²) in [5, 5.41) is 121. The van der Waals surface area contributed by atoms with Gasteiger partial charge in [0.1, 0.15) is 73.2 Å². The Bertz CT molecular complexity index is 1970. The summed E-state index contributed by atoms with van der Waals surface area (Å²) in [6, 6.07) is -0.996. The van der Waals surface area contributed by atoms with Crippen molar-refractivity contribution < 1.29 is 89.4 Å². The summed E-state index contributed by atoms with van der Waals surface area (Å²) in [5.74, 6) is -0.307. The molecule has 19 heteroatoms. The molecule has 0 saturated carbocycles. The summed E-state index contributed by atoms with van der Waals surface area (Å²) in [7, 11) is 0. The number of nitrogens with one attached hydrogen (secondary N) is 1. The van der Waals surface area contributed by atoms with Crippen molar-refractivity contribution in [3.05, 3.63) is 72.9 Å². The summed E-state index contributed by atoms with van der Waals surface area (Å²) in [6.45, 7) is 1.61. The van der Waals surface area contributed by atoms with Gasteiger partial charge in [0.15, 0.2) is 18.9 Å². The number of unbranched alkanes of at least 4 members (excludes halogenated alkanes) is 30. The SMILES string of the molecule is CC/C=C\C/C=C\C/C=C\C/C=C\C/C=C\CCCCCC(=O)NC(COC1OC(CO)C(OC2OC(CO)C(OC3OC(CO)C(O)C(O)C3O)C(O)C2O)C(O)C1O)C(O)/C=C/CCCCCCCCCCCCCCCCCCCCCCCCCCCCC. The fourth-order valence-corrected chi connectivity index (χ4v) is 12.1. The van der Waals surface area contributed by atoms with Gasteiger partial charge in [-0.15, -0.1) is 0 Å². The predicted octanol–water partition coefficient (Wildman–Crippen LogP) is 10.5. The van der Waals surface area contributed by atoms with Gasteiger partial charge in [0, 0.05) is 6.42 Å². The van der Waals surface area contributed by atoms with Crippen LogP contribution in [0.25, 0.3) is 0 Å².